The van der Waals surface area contributed by atoms with Gasteiger partial charge in [0.25, 0.3) is 10.1 Å². The van der Waals surface area contributed by atoms with E-state index in [1.165, 1.54) is 0 Å². The summed E-state index contributed by atoms with van der Waals surface area (Å²) in [6.07, 6.45) is 1.92. The number of hydrogen-bond donors (Lipinski definition) is 0. The second-order valence-corrected chi connectivity index (χ2v) is 13.8. The van der Waals surface area contributed by atoms with Gasteiger partial charge in [0.1, 0.15) is 12.2 Å². The van der Waals surface area contributed by atoms with Gasteiger partial charge < -0.3 is 9.16 Å². The Kier molecular flexibility index (Phi) is 6.06. The van der Waals surface area contributed by atoms with E-state index >= 15 is 0 Å². The lowest BCUT2D eigenvalue weighted by molar-refractivity contribution is -0.108. The number of rotatable bonds is 5. The lowest BCUT2D eigenvalue weighted by Crippen LogP contribution is -2.52. The standard InChI is InChI=1S/C14H30O5SSi/c1-11(18-20(5,15)16)13-12(9-8-10-17-13)19-21(6,7)14(2,3)4/h11-13H,8-10H2,1-7H3/t11-,12-,13+/m0/s1. The van der Waals surface area contributed by atoms with Gasteiger partial charge in [0.15, 0.2) is 8.32 Å². The summed E-state index contributed by atoms with van der Waals surface area (Å²) in [5, 5.41) is 0.107. The molecule has 7 heteroatoms. The van der Waals surface area contributed by atoms with E-state index in [9.17, 15) is 8.42 Å². The van der Waals surface area contributed by atoms with Crippen LogP contribution in [0.2, 0.25) is 18.1 Å². The molecule has 0 N–H and O–H groups in total. The van der Waals surface area contributed by atoms with E-state index in [-0.39, 0.29) is 17.2 Å². The van der Waals surface area contributed by atoms with Gasteiger partial charge in [-0.25, -0.2) is 0 Å². The molecule has 0 saturated carbocycles. The molecule has 1 fully saturated rings. The molecule has 1 saturated heterocycles. The third-order valence-electron chi connectivity index (χ3n) is 4.35. The number of hydrogen-bond acceptors (Lipinski definition) is 5. The molecule has 0 unspecified atom stereocenters. The lowest BCUT2D eigenvalue weighted by atomic mass is 10.0. The summed E-state index contributed by atoms with van der Waals surface area (Å²) >= 11 is 0. The zero-order valence-electron chi connectivity index (χ0n) is 14.3. The fourth-order valence-corrected chi connectivity index (χ4v) is 4.25. The summed E-state index contributed by atoms with van der Waals surface area (Å²) in [6.45, 7) is 13.3. The van der Waals surface area contributed by atoms with Crippen LogP contribution in [0.4, 0.5) is 0 Å². The van der Waals surface area contributed by atoms with E-state index < -0.39 is 24.5 Å². The first-order chi connectivity index (χ1) is 9.33. The topological polar surface area (TPSA) is 61.8 Å². The zero-order valence-corrected chi connectivity index (χ0v) is 16.1. The summed E-state index contributed by atoms with van der Waals surface area (Å²) < 4.78 is 39.9. The van der Waals surface area contributed by atoms with E-state index in [0.29, 0.717) is 6.61 Å². The largest absolute Gasteiger partial charge is 0.411 e. The van der Waals surface area contributed by atoms with Gasteiger partial charge in [0.05, 0.1) is 12.4 Å². The summed E-state index contributed by atoms with van der Waals surface area (Å²) in [5.41, 5.74) is 0. The predicted molar refractivity (Wildman–Crippen MR) is 86.4 cm³/mol. The van der Waals surface area contributed by atoms with Crippen molar-refractivity contribution in [3.8, 4) is 0 Å². The van der Waals surface area contributed by atoms with E-state index in [1.54, 1.807) is 6.92 Å². The van der Waals surface area contributed by atoms with Crippen molar-refractivity contribution in [1.82, 2.24) is 0 Å². The van der Waals surface area contributed by atoms with Crippen molar-refractivity contribution in [3.63, 3.8) is 0 Å². The minimum atomic E-state index is -3.49. The van der Waals surface area contributed by atoms with Gasteiger partial charge in [-0.15, -0.1) is 0 Å². The van der Waals surface area contributed by atoms with E-state index in [1.807, 2.05) is 0 Å². The Bertz CT molecular complexity index is 441. The molecule has 0 spiro atoms. The fraction of sp³-hybridized carbons (Fsp3) is 1.00. The number of ether oxygens (including phenoxy) is 1. The molecule has 1 aliphatic rings. The van der Waals surface area contributed by atoms with Gasteiger partial charge in [-0.05, 0) is 37.9 Å². The first-order valence-electron chi connectivity index (χ1n) is 7.51. The van der Waals surface area contributed by atoms with Crippen molar-refractivity contribution >= 4 is 18.4 Å². The van der Waals surface area contributed by atoms with Crippen LogP contribution in [-0.4, -0.2) is 47.9 Å². The monoisotopic (exact) mass is 338 g/mol. The summed E-state index contributed by atoms with van der Waals surface area (Å²) in [5.74, 6) is 0. The lowest BCUT2D eigenvalue weighted by Gasteiger charge is -2.43. The second kappa shape index (κ2) is 6.66. The molecule has 0 bridgehead atoms. The Morgan fingerprint density at radius 2 is 1.86 bits per heavy atom. The maximum atomic E-state index is 11.3. The highest BCUT2D eigenvalue weighted by atomic mass is 32.2. The van der Waals surface area contributed by atoms with Crippen molar-refractivity contribution in [2.75, 3.05) is 12.9 Å². The summed E-state index contributed by atoms with van der Waals surface area (Å²) in [7, 11) is -5.42. The van der Waals surface area contributed by atoms with Crippen LogP contribution in [0.5, 0.6) is 0 Å². The van der Waals surface area contributed by atoms with Crippen LogP contribution >= 0.6 is 0 Å². The van der Waals surface area contributed by atoms with Crippen LogP contribution < -0.4 is 0 Å². The zero-order chi connectivity index (χ0) is 16.5. The summed E-state index contributed by atoms with van der Waals surface area (Å²) in [6, 6.07) is 0. The quantitative estimate of drug-likeness (QED) is 0.570. The van der Waals surface area contributed by atoms with Crippen molar-refractivity contribution < 1.29 is 21.8 Å². The molecule has 0 amide bonds. The Balaban J connectivity index is 2.83. The van der Waals surface area contributed by atoms with Gasteiger partial charge >= 0.3 is 0 Å². The van der Waals surface area contributed by atoms with Crippen molar-refractivity contribution in [2.45, 2.75) is 77.0 Å². The maximum Gasteiger partial charge on any atom is 0.264 e. The molecule has 0 aromatic rings. The smallest absolute Gasteiger partial charge is 0.264 e. The van der Waals surface area contributed by atoms with Crippen LogP contribution in [0.1, 0.15) is 40.5 Å². The van der Waals surface area contributed by atoms with Gasteiger partial charge in [0, 0.05) is 6.61 Å². The van der Waals surface area contributed by atoms with Gasteiger partial charge in [-0.2, -0.15) is 8.42 Å². The Morgan fingerprint density at radius 3 is 2.33 bits per heavy atom. The molecular formula is C14H30O5SSi. The average Bonchev–Trinajstić information content (AvgIpc) is 2.25. The van der Waals surface area contributed by atoms with Crippen LogP contribution in [0.15, 0.2) is 0 Å². The van der Waals surface area contributed by atoms with Gasteiger partial charge in [-0.1, -0.05) is 20.8 Å². The SMILES string of the molecule is C[C@H](OS(C)(=O)=O)[C@H]1OCCC[C@@H]1O[Si](C)(C)C(C)(C)C. The highest BCUT2D eigenvalue weighted by Crippen LogP contribution is 2.39. The van der Waals surface area contributed by atoms with Crippen LogP contribution in [0.3, 0.4) is 0 Å². The highest BCUT2D eigenvalue weighted by Gasteiger charge is 2.43. The van der Waals surface area contributed by atoms with Crippen LogP contribution in [0.25, 0.3) is 0 Å². The van der Waals surface area contributed by atoms with Crippen LogP contribution in [0, 0.1) is 0 Å². The average molecular weight is 339 g/mol. The van der Waals surface area contributed by atoms with E-state index in [4.69, 9.17) is 13.3 Å². The molecule has 126 valence electrons. The minimum absolute atomic E-state index is 0.101. The molecule has 5 nitrogen and oxygen atoms in total. The van der Waals surface area contributed by atoms with Gasteiger partial charge in [0.2, 0.25) is 0 Å². The molecule has 0 aliphatic carbocycles. The van der Waals surface area contributed by atoms with Crippen molar-refractivity contribution in [2.24, 2.45) is 0 Å². The molecule has 1 rings (SSSR count). The molecule has 1 heterocycles. The highest BCUT2D eigenvalue weighted by molar-refractivity contribution is 7.86. The predicted octanol–water partition coefficient (Wildman–Crippen LogP) is 2.92. The van der Waals surface area contributed by atoms with Crippen molar-refractivity contribution in [3.05, 3.63) is 0 Å². The Hall–Kier alpha value is 0.0469. The fourth-order valence-electron chi connectivity index (χ4n) is 2.22. The Morgan fingerprint density at radius 1 is 1.29 bits per heavy atom. The molecule has 0 aromatic carbocycles. The molecule has 3 atom stereocenters. The molecule has 0 radical (unpaired) electrons. The molecule has 0 aromatic heterocycles. The molecular weight excluding hydrogens is 308 g/mol. The molecule has 1 aliphatic heterocycles. The third kappa shape index (κ3) is 5.63. The Labute approximate surface area is 130 Å². The first-order valence-corrected chi connectivity index (χ1v) is 12.2. The third-order valence-corrected chi connectivity index (χ3v) is 9.51. The minimum Gasteiger partial charge on any atom is -0.411 e. The molecule has 21 heavy (non-hydrogen) atoms. The first kappa shape index (κ1) is 19.1. The maximum absolute atomic E-state index is 11.3. The normalized spacial score (nSPS) is 26.6. The summed E-state index contributed by atoms with van der Waals surface area (Å²) in [4.78, 5) is 0. The van der Waals surface area contributed by atoms with E-state index in [0.717, 1.165) is 19.1 Å². The second-order valence-electron chi connectivity index (χ2n) is 7.40. The van der Waals surface area contributed by atoms with E-state index in [2.05, 4.69) is 33.9 Å². The van der Waals surface area contributed by atoms with Gasteiger partial charge in [-0.3, -0.25) is 4.18 Å². The van der Waals surface area contributed by atoms with Crippen LogP contribution in [-0.2, 0) is 23.5 Å². The van der Waals surface area contributed by atoms with Crippen molar-refractivity contribution in [1.29, 1.82) is 0 Å².